The van der Waals surface area contributed by atoms with Crippen LogP contribution in [0.3, 0.4) is 0 Å². The van der Waals surface area contributed by atoms with Crippen LogP contribution in [0.15, 0.2) is 103 Å². The molecule has 27 heavy (non-hydrogen) atoms. The van der Waals surface area contributed by atoms with E-state index in [0.29, 0.717) is 5.75 Å². The molecule has 0 aliphatic carbocycles. The summed E-state index contributed by atoms with van der Waals surface area (Å²) in [5.74, 6) is 0.306. The van der Waals surface area contributed by atoms with Crippen LogP contribution >= 0.6 is 0 Å². The molecule has 5 aromatic carbocycles. The number of hydrogen-bond donors (Lipinski definition) is 1. The van der Waals surface area contributed by atoms with E-state index in [2.05, 4.69) is 72.8 Å². The van der Waals surface area contributed by atoms with Crippen molar-refractivity contribution >= 4 is 21.5 Å². The van der Waals surface area contributed by atoms with E-state index in [-0.39, 0.29) is 0 Å². The molecule has 0 aromatic heterocycles. The molecule has 0 radical (unpaired) electrons. The van der Waals surface area contributed by atoms with Crippen LogP contribution in [0.5, 0.6) is 5.75 Å². The number of para-hydroxylation sites is 1. The Hall–Kier alpha value is -3.58. The van der Waals surface area contributed by atoms with Crippen molar-refractivity contribution in [2.24, 2.45) is 0 Å². The van der Waals surface area contributed by atoms with Gasteiger partial charge in [-0.3, -0.25) is 0 Å². The number of benzene rings is 5. The van der Waals surface area contributed by atoms with Crippen LogP contribution in [0.4, 0.5) is 0 Å². The molecule has 5 rings (SSSR count). The number of phenols is 1. The Morgan fingerprint density at radius 2 is 0.852 bits per heavy atom. The van der Waals surface area contributed by atoms with E-state index in [4.69, 9.17) is 0 Å². The Bertz CT molecular complexity index is 1210. The van der Waals surface area contributed by atoms with Gasteiger partial charge in [0.15, 0.2) is 0 Å². The van der Waals surface area contributed by atoms with Crippen molar-refractivity contribution in [1.29, 1.82) is 0 Å². The maximum absolute atomic E-state index is 10.6. The van der Waals surface area contributed by atoms with Crippen molar-refractivity contribution in [3.8, 4) is 28.0 Å². The second kappa shape index (κ2) is 6.30. The van der Waals surface area contributed by atoms with Crippen molar-refractivity contribution in [3.63, 3.8) is 0 Å². The molecule has 0 bridgehead atoms. The van der Waals surface area contributed by atoms with E-state index in [0.717, 1.165) is 21.9 Å². The molecular formula is C26H18O. The lowest BCUT2D eigenvalue weighted by molar-refractivity contribution is 0.477. The maximum Gasteiger partial charge on any atom is 0.123 e. The zero-order valence-corrected chi connectivity index (χ0v) is 14.8. The Morgan fingerprint density at radius 3 is 1.41 bits per heavy atom. The third kappa shape index (κ3) is 2.48. The summed E-state index contributed by atoms with van der Waals surface area (Å²) in [7, 11) is 0. The lowest BCUT2D eigenvalue weighted by Gasteiger charge is -2.18. The summed E-state index contributed by atoms with van der Waals surface area (Å²) in [6.07, 6.45) is 0. The fourth-order valence-electron chi connectivity index (χ4n) is 4.02. The van der Waals surface area contributed by atoms with Gasteiger partial charge in [0, 0.05) is 11.1 Å². The van der Waals surface area contributed by atoms with Crippen molar-refractivity contribution < 1.29 is 5.11 Å². The summed E-state index contributed by atoms with van der Waals surface area (Å²) < 4.78 is 0. The summed E-state index contributed by atoms with van der Waals surface area (Å²) in [4.78, 5) is 0. The highest BCUT2D eigenvalue weighted by Crippen LogP contribution is 2.45. The summed E-state index contributed by atoms with van der Waals surface area (Å²) in [5, 5.41) is 15.3. The molecule has 5 aromatic rings. The molecule has 1 nitrogen and oxygen atoms in total. The van der Waals surface area contributed by atoms with Crippen molar-refractivity contribution in [2.45, 2.75) is 0 Å². The first-order valence-electron chi connectivity index (χ1n) is 9.12. The van der Waals surface area contributed by atoms with Gasteiger partial charge in [0.2, 0.25) is 0 Å². The molecule has 0 spiro atoms. The molecule has 0 unspecified atom stereocenters. The normalized spacial score (nSPS) is 11.1. The quantitative estimate of drug-likeness (QED) is 0.340. The van der Waals surface area contributed by atoms with Gasteiger partial charge in [0.1, 0.15) is 5.75 Å². The zero-order valence-electron chi connectivity index (χ0n) is 14.8. The number of aromatic hydroxyl groups is 1. The SMILES string of the molecule is Oc1ccccc1-c1c2ccccc2c(-c2ccccc2)c2ccccc12. The fraction of sp³-hybridized carbons (Fsp3) is 0. The molecule has 0 heterocycles. The molecular weight excluding hydrogens is 328 g/mol. The average molecular weight is 346 g/mol. The van der Waals surface area contributed by atoms with E-state index in [9.17, 15) is 5.11 Å². The van der Waals surface area contributed by atoms with Gasteiger partial charge in [-0.1, -0.05) is 97.1 Å². The lowest BCUT2D eigenvalue weighted by Crippen LogP contribution is -1.90. The van der Waals surface area contributed by atoms with Crippen LogP contribution in [0.2, 0.25) is 0 Å². The predicted molar refractivity (Wildman–Crippen MR) is 114 cm³/mol. The molecule has 0 amide bonds. The van der Waals surface area contributed by atoms with Gasteiger partial charge in [0.25, 0.3) is 0 Å². The maximum atomic E-state index is 10.6. The fourth-order valence-corrected chi connectivity index (χ4v) is 4.02. The Kier molecular flexibility index (Phi) is 3.65. The molecule has 128 valence electrons. The largest absolute Gasteiger partial charge is 0.507 e. The highest BCUT2D eigenvalue weighted by atomic mass is 16.3. The molecule has 0 saturated carbocycles. The highest BCUT2D eigenvalue weighted by Gasteiger charge is 2.17. The molecule has 0 saturated heterocycles. The summed E-state index contributed by atoms with van der Waals surface area (Å²) in [6.45, 7) is 0. The Morgan fingerprint density at radius 1 is 0.407 bits per heavy atom. The van der Waals surface area contributed by atoms with Crippen LogP contribution in [0.25, 0.3) is 43.8 Å². The molecule has 1 N–H and O–H groups in total. The first kappa shape index (κ1) is 15.7. The van der Waals surface area contributed by atoms with Gasteiger partial charge in [-0.15, -0.1) is 0 Å². The summed E-state index contributed by atoms with van der Waals surface area (Å²) in [6, 6.07) is 35.0. The molecule has 0 aliphatic rings. The second-order valence-electron chi connectivity index (χ2n) is 6.72. The second-order valence-corrected chi connectivity index (χ2v) is 6.72. The van der Waals surface area contributed by atoms with E-state index >= 15 is 0 Å². The molecule has 0 atom stereocenters. The van der Waals surface area contributed by atoms with Gasteiger partial charge in [-0.05, 0) is 38.7 Å². The number of rotatable bonds is 2. The van der Waals surface area contributed by atoms with Crippen LogP contribution in [0.1, 0.15) is 0 Å². The first-order chi connectivity index (χ1) is 13.3. The standard InChI is InChI=1S/C26H18O/c27-24-17-9-8-16-23(24)26-21-14-6-4-12-19(21)25(18-10-2-1-3-11-18)20-13-5-7-15-22(20)26/h1-17,27H. The minimum Gasteiger partial charge on any atom is -0.507 e. The molecule has 0 aliphatic heterocycles. The lowest BCUT2D eigenvalue weighted by atomic mass is 9.86. The van der Waals surface area contributed by atoms with Gasteiger partial charge >= 0.3 is 0 Å². The van der Waals surface area contributed by atoms with Crippen LogP contribution in [-0.2, 0) is 0 Å². The van der Waals surface area contributed by atoms with Crippen LogP contribution in [-0.4, -0.2) is 5.11 Å². The van der Waals surface area contributed by atoms with E-state index in [1.807, 2.05) is 24.3 Å². The van der Waals surface area contributed by atoms with E-state index in [1.165, 1.54) is 21.9 Å². The van der Waals surface area contributed by atoms with E-state index < -0.39 is 0 Å². The van der Waals surface area contributed by atoms with Crippen LogP contribution < -0.4 is 0 Å². The summed E-state index contributed by atoms with van der Waals surface area (Å²) >= 11 is 0. The minimum atomic E-state index is 0.306. The van der Waals surface area contributed by atoms with Crippen molar-refractivity contribution in [2.75, 3.05) is 0 Å². The third-order valence-corrected chi connectivity index (χ3v) is 5.17. The van der Waals surface area contributed by atoms with Crippen molar-refractivity contribution in [3.05, 3.63) is 103 Å². The van der Waals surface area contributed by atoms with Crippen LogP contribution in [0, 0.1) is 0 Å². The van der Waals surface area contributed by atoms with Gasteiger partial charge in [-0.2, -0.15) is 0 Å². The number of phenolic OH excluding ortho intramolecular Hbond substituents is 1. The average Bonchev–Trinajstić information content (AvgIpc) is 2.73. The van der Waals surface area contributed by atoms with Gasteiger partial charge in [-0.25, -0.2) is 0 Å². The van der Waals surface area contributed by atoms with Crippen molar-refractivity contribution in [1.82, 2.24) is 0 Å². The minimum absolute atomic E-state index is 0.306. The zero-order chi connectivity index (χ0) is 18.2. The first-order valence-corrected chi connectivity index (χ1v) is 9.12. The Balaban J connectivity index is 2.03. The number of hydrogen-bond acceptors (Lipinski definition) is 1. The predicted octanol–water partition coefficient (Wildman–Crippen LogP) is 7.03. The Labute approximate surface area is 158 Å². The molecule has 1 heteroatoms. The monoisotopic (exact) mass is 346 g/mol. The van der Waals surface area contributed by atoms with Gasteiger partial charge < -0.3 is 5.11 Å². The molecule has 0 fully saturated rings. The third-order valence-electron chi connectivity index (χ3n) is 5.17. The summed E-state index contributed by atoms with van der Waals surface area (Å²) in [5.41, 5.74) is 4.39. The van der Waals surface area contributed by atoms with Gasteiger partial charge in [0.05, 0.1) is 0 Å². The number of fused-ring (bicyclic) bond motifs is 2. The highest BCUT2D eigenvalue weighted by molar-refractivity contribution is 6.21. The topological polar surface area (TPSA) is 20.2 Å². The van der Waals surface area contributed by atoms with E-state index in [1.54, 1.807) is 6.07 Å². The smallest absolute Gasteiger partial charge is 0.123 e.